The Kier molecular flexibility index (Phi) is 6.78. The summed E-state index contributed by atoms with van der Waals surface area (Å²) in [5.74, 6) is 1.74. The fourth-order valence-electron chi connectivity index (χ4n) is 2.31. The number of methoxy groups -OCH3 is 1. The highest BCUT2D eigenvalue weighted by Crippen LogP contribution is 2.25. The molecule has 3 nitrogen and oxygen atoms in total. The van der Waals surface area contributed by atoms with E-state index >= 15 is 0 Å². The van der Waals surface area contributed by atoms with Gasteiger partial charge in [-0.2, -0.15) is 0 Å². The lowest BCUT2D eigenvalue weighted by Crippen LogP contribution is -2.13. The Morgan fingerprint density at radius 3 is 2.59 bits per heavy atom. The van der Waals surface area contributed by atoms with E-state index in [2.05, 4.69) is 42.6 Å². The van der Waals surface area contributed by atoms with Gasteiger partial charge in [-0.25, -0.2) is 0 Å². The largest absolute Gasteiger partial charge is 0.497 e. The first-order valence-corrected chi connectivity index (χ1v) is 7.88. The van der Waals surface area contributed by atoms with Crippen LogP contribution in [0.1, 0.15) is 24.5 Å². The fraction of sp³-hybridized carbons (Fsp3) is 0.368. The Bertz CT molecular complexity index is 555. The topological polar surface area (TPSA) is 30.5 Å². The van der Waals surface area contributed by atoms with Crippen molar-refractivity contribution in [3.63, 3.8) is 0 Å². The van der Waals surface area contributed by atoms with Crippen molar-refractivity contribution >= 4 is 0 Å². The molecule has 2 aromatic carbocycles. The summed E-state index contributed by atoms with van der Waals surface area (Å²) in [6, 6.07) is 16.5. The van der Waals surface area contributed by atoms with Gasteiger partial charge in [0.05, 0.1) is 13.7 Å². The Hall–Kier alpha value is -2.00. The van der Waals surface area contributed by atoms with Crippen LogP contribution >= 0.6 is 0 Å². The molecule has 0 fully saturated rings. The van der Waals surface area contributed by atoms with Gasteiger partial charge < -0.3 is 14.8 Å². The van der Waals surface area contributed by atoms with Crippen molar-refractivity contribution in [3.05, 3.63) is 59.7 Å². The minimum absolute atomic E-state index is 0.710. The number of hydrogen-bond acceptors (Lipinski definition) is 3. The van der Waals surface area contributed by atoms with E-state index in [0.717, 1.165) is 37.4 Å². The van der Waals surface area contributed by atoms with Crippen molar-refractivity contribution in [1.29, 1.82) is 0 Å². The molecule has 0 heterocycles. The molecule has 2 aromatic rings. The second-order valence-corrected chi connectivity index (χ2v) is 5.19. The molecule has 0 unspecified atom stereocenters. The van der Waals surface area contributed by atoms with Crippen LogP contribution in [0.5, 0.6) is 11.5 Å². The SMILES string of the molecule is CCNCc1ccc(OC)cc1OCCCc1ccccc1. The lowest BCUT2D eigenvalue weighted by Gasteiger charge is -2.13. The van der Waals surface area contributed by atoms with Gasteiger partial charge >= 0.3 is 0 Å². The Morgan fingerprint density at radius 2 is 1.86 bits per heavy atom. The van der Waals surface area contributed by atoms with Crippen molar-refractivity contribution in [3.8, 4) is 11.5 Å². The lowest BCUT2D eigenvalue weighted by atomic mass is 10.1. The van der Waals surface area contributed by atoms with E-state index in [1.54, 1.807) is 7.11 Å². The normalized spacial score (nSPS) is 10.5. The number of hydrogen-bond donors (Lipinski definition) is 1. The molecule has 0 aliphatic heterocycles. The standard InChI is InChI=1S/C19H25NO2/c1-3-20-15-17-11-12-18(21-2)14-19(17)22-13-7-10-16-8-5-4-6-9-16/h4-6,8-9,11-12,14,20H,3,7,10,13,15H2,1-2H3. The van der Waals surface area contributed by atoms with Gasteiger partial charge in [-0.1, -0.05) is 43.3 Å². The third-order valence-electron chi connectivity index (χ3n) is 3.55. The van der Waals surface area contributed by atoms with Crippen molar-refractivity contribution in [2.45, 2.75) is 26.3 Å². The van der Waals surface area contributed by atoms with E-state index in [9.17, 15) is 0 Å². The van der Waals surface area contributed by atoms with Crippen LogP contribution in [0, 0.1) is 0 Å². The molecule has 0 aliphatic carbocycles. The summed E-state index contributed by atoms with van der Waals surface area (Å²) in [6.07, 6.45) is 2.04. The maximum atomic E-state index is 5.98. The zero-order valence-electron chi connectivity index (χ0n) is 13.5. The molecule has 22 heavy (non-hydrogen) atoms. The number of ether oxygens (including phenoxy) is 2. The molecule has 0 amide bonds. The van der Waals surface area contributed by atoms with Gasteiger partial charge in [0.2, 0.25) is 0 Å². The van der Waals surface area contributed by atoms with E-state index in [1.807, 2.05) is 18.2 Å². The summed E-state index contributed by atoms with van der Waals surface area (Å²) in [6.45, 7) is 4.57. The van der Waals surface area contributed by atoms with Crippen molar-refractivity contribution < 1.29 is 9.47 Å². The highest BCUT2D eigenvalue weighted by Gasteiger charge is 2.05. The molecule has 118 valence electrons. The number of nitrogens with one attached hydrogen (secondary N) is 1. The van der Waals surface area contributed by atoms with E-state index in [0.29, 0.717) is 6.61 Å². The Balaban J connectivity index is 1.89. The van der Waals surface area contributed by atoms with Crippen LogP contribution in [-0.2, 0) is 13.0 Å². The molecule has 2 rings (SSSR count). The van der Waals surface area contributed by atoms with Crippen LogP contribution < -0.4 is 14.8 Å². The summed E-state index contributed by atoms with van der Waals surface area (Å²) in [5, 5.41) is 3.34. The average Bonchev–Trinajstić information content (AvgIpc) is 2.58. The molecule has 0 bridgehead atoms. The third-order valence-corrected chi connectivity index (χ3v) is 3.55. The third kappa shape index (κ3) is 5.08. The second-order valence-electron chi connectivity index (χ2n) is 5.19. The molecule has 0 aromatic heterocycles. The highest BCUT2D eigenvalue weighted by molar-refractivity contribution is 5.40. The van der Waals surface area contributed by atoms with Gasteiger partial charge in [0.25, 0.3) is 0 Å². The Labute approximate surface area is 133 Å². The van der Waals surface area contributed by atoms with E-state index < -0.39 is 0 Å². The first kappa shape index (κ1) is 16.4. The number of benzene rings is 2. The molecular formula is C19H25NO2. The predicted octanol–water partition coefficient (Wildman–Crippen LogP) is 3.82. The van der Waals surface area contributed by atoms with Crippen LogP contribution in [0.4, 0.5) is 0 Å². The van der Waals surface area contributed by atoms with E-state index in [-0.39, 0.29) is 0 Å². The maximum absolute atomic E-state index is 5.98. The van der Waals surface area contributed by atoms with Crippen molar-refractivity contribution in [1.82, 2.24) is 5.32 Å². The van der Waals surface area contributed by atoms with Gasteiger partial charge in [-0.3, -0.25) is 0 Å². The smallest absolute Gasteiger partial charge is 0.127 e. The van der Waals surface area contributed by atoms with Crippen molar-refractivity contribution in [2.24, 2.45) is 0 Å². The summed E-state index contributed by atoms with van der Waals surface area (Å²) in [4.78, 5) is 0. The summed E-state index contributed by atoms with van der Waals surface area (Å²) >= 11 is 0. The first-order valence-electron chi connectivity index (χ1n) is 7.88. The molecule has 0 atom stereocenters. The quantitative estimate of drug-likeness (QED) is 0.714. The summed E-state index contributed by atoms with van der Waals surface area (Å²) in [7, 11) is 1.68. The summed E-state index contributed by atoms with van der Waals surface area (Å²) in [5.41, 5.74) is 2.52. The molecule has 0 radical (unpaired) electrons. The molecular weight excluding hydrogens is 274 g/mol. The van der Waals surface area contributed by atoms with E-state index in [4.69, 9.17) is 9.47 Å². The molecule has 0 spiro atoms. The maximum Gasteiger partial charge on any atom is 0.127 e. The van der Waals surface area contributed by atoms with Crippen molar-refractivity contribution in [2.75, 3.05) is 20.3 Å². The van der Waals surface area contributed by atoms with Crippen LogP contribution in [0.15, 0.2) is 48.5 Å². The zero-order chi connectivity index (χ0) is 15.6. The predicted molar refractivity (Wildman–Crippen MR) is 90.6 cm³/mol. The van der Waals surface area contributed by atoms with Gasteiger partial charge in [-0.05, 0) is 31.0 Å². The minimum atomic E-state index is 0.710. The molecule has 0 saturated heterocycles. The number of aryl methyl sites for hydroxylation is 1. The fourth-order valence-corrected chi connectivity index (χ4v) is 2.31. The van der Waals surface area contributed by atoms with Crippen LogP contribution in [0.2, 0.25) is 0 Å². The van der Waals surface area contributed by atoms with E-state index in [1.165, 1.54) is 11.1 Å². The number of rotatable bonds is 9. The zero-order valence-corrected chi connectivity index (χ0v) is 13.5. The van der Waals surface area contributed by atoms with Gasteiger partial charge in [0, 0.05) is 18.2 Å². The minimum Gasteiger partial charge on any atom is -0.497 e. The van der Waals surface area contributed by atoms with Crippen LogP contribution in [0.3, 0.4) is 0 Å². The van der Waals surface area contributed by atoms with Crippen LogP contribution in [0.25, 0.3) is 0 Å². The molecule has 0 saturated carbocycles. The first-order chi connectivity index (χ1) is 10.8. The average molecular weight is 299 g/mol. The van der Waals surface area contributed by atoms with Gasteiger partial charge in [-0.15, -0.1) is 0 Å². The monoisotopic (exact) mass is 299 g/mol. The Morgan fingerprint density at radius 1 is 1.05 bits per heavy atom. The molecule has 3 heteroatoms. The van der Waals surface area contributed by atoms with Crippen LogP contribution in [-0.4, -0.2) is 20.3 Å². The highest BCUT2D eigenvalue weighted by atomic mass is 16.5. The second kappa shape index (κ2) is 9.11. The summed E-state index contributed by atoms with van der Waals surface area (Å²) < 4.78 is 11.3. The lowest BCUT2D eigenvalue weighted by molar-refractivity contribution is 0.304. The molecule has 0 aliphatic rings. The van der Waals surface area contributed by atoms with Gasteiger partial charge in [0.1, 0.15) is 11.5 Å². The van der Waals surface area contributed by atoms with Gasteiger partial charge in [0.15, 0.2) is 0 Å². The molecule has 1 N–H and O–H groups in total.